The zero-order valence-electron chi connectivity index (χ0n) is 48.2. The molecule has 12 rings (SSSR count). The molecule has 0 fully saturated rings. The van der Waals surface area contributed by atoms with Crippen molar-refractivity contribution in [1.29, 1.82) is 0 Å². The molecule has 9 aromatic carbocycles. The molecule has 0 saturated heterocycles. The van der Waals surface area contributed by atoms with Crippen LogP contribution in [0.15, 0.2) is 345 Å². The normalized spacial score (nSPS) is 18.4. The van der Waals surface area contributed by atoms with Gasteiger partial charge in [-0.2, -0.15) is 0 Å². The topological polar surface area (TPSA) is 29.3 Å². The van der Waals surface area contributed by atoms with Crippen LogP contribution in [-0.4, -0.2) is 6.04 Å². The van der Waals surface area contributed by atoms with Gasteiger partial charge in [-0.3, -0.25) is 0 Å². The van der Waals surface area contributed by atoms with Crippen LogP contribution < -0.4 is 10.6 Å². The highest BCUT2D eigenvalue weighted by Crippen LogP contribution is 2.60. The third kappa shape index (κ3) is 11.5. The molecule has 3 aliphatic rings. The van der Waals surface area contributed by atoms with Crippen LogP contribution in [0.5, 0.6) is 0 Å². The van der Waals surface area contributed by atoms with Crippen LogP contribution in [0.25, 0.3) is 28.9 Å². The first-order valence-electron chi connectivity index (χ1n) is 29.4. The van der Waals surface area contributed by atoms with Gasteiger partial charge in [-0.1, -0.05) is 303 Å². The van der Waals surface area contributed by atoms with Crippen molar-refractivity contribution >= 4 is 29.1 Å². The SMILES string of the molecule is C1=CCCC=C1.C=C/C=C\C(N)C/C=C1/C(=C\C(=C/c2ccc(C)cc2)N(c2ccccc2)c2ccc(-c3ccccc3)cc2)C(c2ccccc2)(c2cccc(C3(c4ccccc4)C(/C=C\C=C/C)=Cc4ccccc43)c2)c2ccccc21. The van der Waals surface area contributed by atoms with Gasteiger partial charge in [0.2, 0.25) is 0 Å². The minimum Gasteiger partial charge on any atom is -0.324 e. The van der Waals surface area contributed by atoms with Gasteiger partial charge in [0.25, 0.3) is 0 Å². The molecular weight excluding hydrogens is 1010 g/mol. The van der Waals surface area contributed by atoms with Gasteiger partial charge < -0.3 is 10.6 Å². The van der Waals surface area contributed by atoms with Crippen molar-refractivity contribution < 1.29 is 0 Å². The highest BCUT2D eigenvalue weighted by atomic mass is 15.1. The Bertz CT molecular complexity index is 3990. The molecule has 0 radical (unpaired) electrons. The van der Waals surface area contributed by atoms with E-state index in [0.717, 1.165) is 50.5 Å². The van der Waals surface area contributed by atoms with E-state index in [1.807, 2.05) is 12.2 Å². The summed E-state index contributed by atoms with van der Waals surface area (Å²) in [5, 5.41) is 0. The van der Waals surface area contributed by atoms with Crippen LogP contribution in [0.1, 0.15) is 81.8 Å². The van der Waals surface area contributed by atoms with Gasteiger partial charge in [0.15, 0.2) is 0 Å². The fourth-order valence-electron chi connectivity index (χ4n) is 12.4. The Labute approximate surface area is 498 Å². The molecule has 3 atom stereocenters. The molecule has 0 heterocycles. The Kier molecular flexibility index (Phi) is 17.6. The van der Waals surface area contributed by atoms with E-state index < -0.39 is 10.8 Å². The van der Waals surface area contributed by atoms with Gasteiger partial charge in [-0.25, -0.2) is 0 Å². The molecule has 0 saturated carbocycles. The van der Waals surface area contributed by atoms with Crippen LogP contribution in [-0.2, 0) is 10.8 Å². The minimum atomic E-state index is -0.840. The smallest absolute Gasteiger partial charge is 0.0714 e. The summed E-state index contributed by atoms with van der Waals surface area (Å²) in [6.07, 6.45) is 35.7. The van der Waals surface area contributed by atoms with Crippen molar-refractivity contribution in [2.45, 2.75) is 50.0 Å². The van der Waals surface area contributed by atoms with Crippen LogP contribution in [0.2, 0.25) is 0 Å². The lowest BCUT2D eigenvalue weighted by Crippen LogP contribution is -2.32. The number of nitrogens with two attached hydrogens (primary N) is 1. The molecule has 410 valence electrons. The lowest BCUT2D eigenvalue weighted by Gasteiger charge is -2.38. The Hall–Kier alpha value is -9.86. The number of rotatable bonds is 16. The Morgan fingerprint density at radius 1 is 0.560 bits per heavy atom. The number of para-hydroxylation sites is 1. The summed E-state index contributed by atoms with van der Waals surface area (Å²) in [6, 6.07) is 88.7. The number of benzene rings is 9. The average molecular weight is 1090 g/mol. The number of fused-ring (bicyclic) bond motifs is 2. The summed E-state index contributed by atoms with van der Waals surface area (Å²) in [5.74, 6) is 0. The minimum absolute atomic E-state index is 0.237. The first-order valence-corrected chi connectivity index (χ1v) is 29.4. The van der Waals surface area contributed by atoms with E-state index in [0.29, 0.717) is 6.42 Å². The van der Waals surface area contributed by atoms with E-state index in [2.05, 4.69) is 341 Å². The van der Waals surface area contributed by atoms with Crippen molar-refractivity contribution in [3.63, 3.8) is 0 Å². The van der Waals surface area contributed by atoms with Crippen LogP contribution in [0.3, 0.4) is 0 Å². The summed E-state index contributed by atoms with van der Waals surface area (Å²) in [4.78, 5) is 2.42. The average Bonchev–Trinajstić information content (AvgIpc) is 1.63. The molecule has 0 bridgehead atoms. The van der Waals surface area contributed by atoms with E-state index in [9.17, 15) is 0 Å². The third-order valence-corrected chi connectivity index (χ3v) is 16.3. The summed E-state index contributed by atoms with van der Waals surface area (Å²) < 4.78 is 0. The van der Waals surface area contributed by atoms with Gasteiger partial charge in [0.1, 0.15) is 0 Å². The maximum atomic E-state index is 6.99. The summed E-state index contributed by atoms with van der Waals surface area (Å²) in [5.41, 5.74) is 26.3. The van der Waals surface area contributed by atoms with Crippen LogP contribution in [0, 0.1) is 6.92 Å². The summed E-state index contributed by atoms with van der Waals surface area (Å²) in [6.45, 7) is 8.18. The molecule has 0 spiro atoms. The Balaban J connectivity index is 0.00000115. The molecule has 0 aromatic heterocycles. The molecule has 2 nitrogen and oxygen atoms in total. The van der Waals surface area contributed by atoms with Gasteiger partial charge >= 0.3 is 0 Å². The molecule has 84 heavy (non-hydrogen) atoms. The number of allylic oxidation sites excluding steroid dienone is 14. The van der Waals surface area contributed by atoms with Crippen molar-refractivity contribution in [2.24, 2.45) is 5.73 Å². The number of hydrogen-bond donors (Lipinski definition) is 1. The zero-order chi connectivity index (χ0) is 57.6. The van der Waals surface area contributed by atoms with Crippen molar-refractivity contribution in [2.75, 3.05) is 4.90 Å². The van der Waals surface area contributed by atoms with Gasteiger partial charge in [-0.15, -0.1) is 0 Å². The second kappa shape index (κ2) is 26.4. The lowest BCUT2D eigenvalue weighted by atomic mass is 9.63. The van der Waals surface area contributed by atoms with Crippen molar-refractivity contribution in [3.05, 3.63) is 401 Å². The van der Waals surface area contributed by atoms with Crippen molar-refractivity contribution in [1.82, 2.24) is 0 Å². The number of hydrogen-bond acceptors (Lipinski definition) is 2. The first-order chi connectivity index (χ1) is 41.4. The Morgan fingerprint density at radius 3 is 1.76 bits per heavy atom. The molecule has 3 aliphatic carbocycles. The Morgan fingerprint density at radius 2 is 1.12 bits per heavy atom. The number of anilines is 2. The lowest BCUT2D eigenvalue weighted by molar-refractivity contribution is 0.736. The standard InChI is InChI=1S/C76H64N2.C6H8/c1-4-6-12-33-63-53-60-28-21-23-40-72(60)75(63,61-29-15-9-16-30-61)64-34-25-35-65(54-64)76(62-31-17-10-18-32-62)73-41-24-22-39-70(73)71(51-48-66(77)36-7-5-2)74(76)55-69(52-57-44-42-56(3)43-45-57)78(67-37-19-11-20-38-67)68-49-46-59(47-50-68)58-26-13-8-14-27-58;1-2-4-6-5-3-1/h4-47,49-55,66H,2,48,77H2,1,3H3;1-4H,5-6H2/b6-4-,33-12-,36-7-,69-52+,71-51+,74-55+;. The van der Waals surface area contributed by atoms with E-state index >= 15 is 0 Å². The van der Waals surface area contributed by atoms with Gasteiger partial charge in [0.05, 0.1) is 10.8 Å². The fraction of sp³-hybridized carbons (Fsp3) is 0.0976. The molecule has 2 heteroatoms. The van der Waals surface area contributed by atoms with E-state index in [4.69, 9.17) is 5.73 Å². The van der Waals surface area contributed by atoms with Gasteiger partial charge in [-0.05, 0) is 154 Å². The largest absolute Gasteiger partial charge is 0.324 e. The second-order valence-corrected chi connectivity index (χ2v) is 21.6. The fourth-order valence-corrected chi connectivity index (χ4v) is 12.4. The highest BCUT2D eigenvalue weighted by molar-refractivity contribution is 5.96. The molecule has 2 N–H and O–H groups in total. The quantitative estimate of drug-likeness (QED) is 0.0977. The first kappa shape index (κ1) is 56.0. The predicted octanol–water partition coefficient (Wildman–Crippen LogP) is 20.4. The van der Waals surface area contributed by atoms with E-state index in [1.54, 1.807) is 6.08 Å². The molecular formula is C82H72N2. The maximum absolute atomic E-state index is 6.99. The van der Waals surface area contributed by atoms with Crippen molar-refractivity contribution in [3.8, 4) is 11.1 Å². The predicted molar refractivity (Wildman–Crippen MR) is 359 cm³/mol. The summed E-state index contributed by atoms with van der Waals surface area (Å²) in [7, 11) is 0. The third-order valence-electron chi connectivity index (χ3n) is 16.3. The number of aryl methyl sites for hydroxylation is 1. The molecule has 9 aromatic rings. The van der Waals surface area contributed by atoms with Crippen LogP contribution in [0.4, 0.5) is 11.4 Å². The zero-order valence-corrected chi connectivity index (χ0v) is 48.2. The maximum Gasteiger partial charge on any atom is 0.0714 e. The van der Waals surface area contributed by atoms with E-state index in [-0.39, 0.29) is 6.04 Å². The molecule has 0 amide bonds. The molecule has 0 aliphatic heterocycles. The second-order valence-electron chi connectivity index (χ2n) is 21.6. The van der Waals surface area contributed by atoms with E-state index in [1.165, 1.54) is 62.9 Å². The molecule has 3 unspecified atom stereocenters. The number of nitrogens with zero attached hydrogens (tertiary/aromatic N) is 1. The highest BCUT2D eigenvalue weighted by Gasteiger charge is 2.50. The monoisotopic (exact) mass is 1080 g/mol. The van der Waals surface area contributed by atoms with Crippen LogP contribution >= 0.6 is 0 Å². The summed E-state index contributed by atoms with van der Waals surface area (Å²) >= 11 is 0. The van der Waals surface area contributed by atoms with Gasteiger partial charge in [0, 0.05) is 23.1 Å².